The van der Waals surface area contributed by atoms with Gasteiger partial charge in [0.15, 0.2) is 0 Å². The summed E-state index contributed by atoms with van der Waals surface area (Å²) < 4.78 is 25.2. The van der Waals surface area contributed by atoms with Crippen LogP contribution >= 0.6 is 0 Å². The Morgan fingerprint density at radius 2 is 0.674 bits per heavy atom. The first-order valence-corrected chi connectivity index (χ1v) is 16.4. The Labute approximate surface area is 272 Å². The van der Waals surface area contributed by atoms with E-state index in [2.05, 4.69) is 152 Å². The molecule has 4 nitrogen and oxygen atoms in total. The molecule has 6 aromatic carbocycles. The van der Waals surface area contributed by atoms with E-state index in [1.165, 1.54) is 54.6 Å². The summed E-state index contributed by atoms with van der Waals surface area (Å²) in [6.07, 6.45) is 0. The van der Waals surface area contributed by atoms with E-state index in [-0.39, 0.29) is 36.6 Å². The summed E-state index contributed by atoms with van der Waals surface area (Å²) in [6, 6.07) is 35.4. The zero-order chi connectivity index (χ0) is 32.2. The van der Waals surface area contributed by atoms with Crippen LogP contribution in [0.3, 0.4) is 0 Å². The largest absolute Gasteiger partial charge is 0.494 e. The molecule has 6 aromatic rings. The van der Waals surface area contributed by atoms with Crippen molar-refractivity contribution in [3.8, 4) is 22.3 Å². The van der Waals surface area contributed by atoms with Crippen molar-refractivity contribution in [1.29, 1.82) is 0 Å². The van der Waals surface area contributed by atoms with Crippen LogP contribution in [0.4, 0.5) is 0 Å². The Hall–Kier alpha value is -3.67. The van der Waals surface area contributed by atoms with Crippen molar-refractivity contribution in [1.82, 2.24) is 0 Å². The fourth-order valence-corrected chi connectivity index (χ4v) is 6.90. The van der Waals surface area contributed by atoms with Crippen molar-refractivity contribution >= 4 is 57.5 Å². The maximum Gasteiger partial charge on any atom is 0.494 e. The molecule has 0 unspecified atom stereocenters. The molecule has 0 spiro atoms. The second kappa shape index (κ2) is 9.92. The van der Waals surface area contributed by atoms with Gasteiger partial charge >= 0.3 is 14.2 Å². The number of rotatable bonds is 4. The monoisotopic (exact) mass is 606 g/mol. The lowest BCUT2D eigenvalue weighted by molar-refractivity contribution is 0.00578. The number of hydrogen-bond donors (Lipinski definition) is 0. The van der Waals surface area contributed by atoms with Gasteiger partial charge in [0.05, 0.1) is 22.4 Å². The highest BCUT2D eigenvalue weighted by molar-refractivity contribution is 6.62. The SMILES string of the molecule is CC1(C)OB(c2ccc(-c3ccc4ccc5c(-c6ccc(B7OC(C)(C)C(C)(C)O7)cc6)ccc6ccc3c4c65)cc2)OC1(C)C. The molecule has 0 amide bonds. The molecule has 0 radical (unpaired) electrons. The van der Waals surface area contributed by atoms with Crippen LogP contribution in [0.2, 0.25) is 0 Å². The van der Waals surface area contributed by atoms with Crippen LogP contribution in [0, 0.1) is 0 Å². The third-order valence-corrected chi connectivity index (χ3v) is 11.2. The zero-order valence-electron chi connectivity index (χ0n) is 28.0. The zero-order valence-corrected chi connectivity index (χ0v) is 28.0. The minimum absolute atomic E-state index is 0.365. The first-order valence-electron chi connectivity index (χ1n) is 16.4. The summed E-state index contributed by atoms with van der Waals surface area (Å²) in [5, 5.41) is 7.62. The predicted molar refractivity (Wildman–Crippen MR) is 192 cm³/mol. The summed E-state index contributed by atoms with van der Waals surface area (Å²) in [6.45, 7) is 16.7. The maximum absolute atomic E-state index is 6.30. The predicted octanol–water partition coefficient (Wildman–Crippen LogP) is 8.52. The van der Waals surface area contributed by atoms with Crippen LogP contribution in [-0.4, -0.2) is 36.6 Å². The first-order chi connectivity index (χ1) is 21.7. The van der Waals surface area contributed by atoms with Crippen molar-refractivity contribution in [3.63, 3.8) is 0 Å². The van der Waals surface area contributed by atoms with E-state index < -0.39 is 0 Å². The van der Waals surface area contributed by atoms with Gasteiger partial charge in [-0.3, -0.25) is 0 Å². The maximum atomic E-state index is 6.30. The van der Waals surface area contributed by atoms with Crippen LogP contribution in [0.25, 0.3) is 54.6 Å². The average molecular weight is 606 g/mol. The van der Waals surface area contributed by atoms with E-state index >= 15 is 0 Å². The Balaban J connectivity index is 1.17. The third kappa shape index (κ3) is 4.46. The van der Waals surface area contributed by atoms with E-state index in [9.17, 15) is 0 Å². The van der Waals surface area contributed by atoms with Gasteiger partial charge in [0.1, 0.15) is 0 Å². The van der Waals surface area contributed by atoms with Gasteiger partial charge in [0.2, 0.25) is 0 Å². The van der Waals surface area contributed by atoms with Crippen molar-refractivity contribution in [2.75, 3.05) is 0 Å². The van der Waals surface area contributed by atoms with Crippen LogP contribution in [0.1, 0.15) is 55.4 Å². The topological polar surface area (TPSA) is 36.9 Å². The van der Waals surface area contributed by atoms with Crippen molar-refractivity contribution in [2.45, 2.75) is 77.8 Å². The summed E-state index contributed by atoms with van der Waals surface area (Å²) in [5.74, 6) is 0. The molecular formula is C40H40B2O4. The molecule has 0 bridgehead atoms. The van der Waals surface area contributed by atoms with Gasteiger partial charge in [-0.2, -0.15) is 0 Å². The van der Waals surface area contributed by atoms with Gasteiger partial charge in [-0.15, -0.1) is 0 Å². The lowest BCUT2D eigenvalue weighted by Gasteiger charge is -2.32. The van der Waals surface area contributed by atoms with Gasteiger partial charge in [-0.25, -0.2) is 0 Å². The molecule has 0 saturated carbocycles. The van der Waals surface area contributed by atoms with E-state index in [0.29, 0.717) is 0 Å². The van der Waals surface area contributed by atoms with Gasteiger partial charge < -0.3 is 18.6 Å². The highest BCUT2D eigenvalue weighted by atomic mass is 16.7. The van der Waals surface area contributed by atoms with Crippen LogP contribution in [0.5, 0.6) is 0 Å². The third-order valence-electron chi connectivity index (χ3n) is 11.2. The second-order valence-corrected chi connectivity index (χ2v) is 15.1. The van der Waals surface area contributed by atoms with Gasteiger partial charge in [-0.05, 0) is 121 Å². The van der Waals surface area contributed by atoms with Crippen LogP contribution in [0.15, 0.2) is 97.1 Å². The van der Waals surface area contributed by atoms with E-state index in [1.54, 1.807) is 0 Å². The molecule has 2 fully saturated rings. The fraction of sp³-hybridized carbons (Fsp3) is 0.300. The standard InChI is InChI=1S/C40H40B2O4/c1-37(2)38(3,4)44-41(43-37)29-17-9-25(10-18-29)31-21-13-27-16-24-34-32(22-14-28-15-23-33(31)35(27)36(28)34)26-11-19-30(20-12-26)42-45-39(5,6)40(7,8)46-42/h9-24H,1-8H3. The Morgan fingerprint density at radius 3 is 1.00 bits per heavy atom. The van der Waals surface area contributed by atoms with Crippen molar-refractivity contribution in [2.24, 2.45) is 0 Å². The molecule has 0 aromatic heterocycles. The molecule has 6 heteroatoms. The van der Waals surface area contributed by atoms with Crippen LogP contribution < -0.4 is 10.9 Å². The minimum Gasteiger partial charge on any atom is -0.399 e. The fourth-order valence-electron chi connectivity index (χ4n) is 6.90. The van der Waals surface area contributed by atoms with Crippen LogP contribution in [-0.2, 0) is 18.6 Å². The Bertz CT molecular complexity index is 1930. The number of benzene rings is 6. The quantitative estimate of drug-likeness (QED) is 0.149. The number of hydrogen-bond acceptors (Lipinski definition) is 4. The smallest absolute Gasteiger partial charge is 0.399 e. The lowest BCUT2D eigenvalue weighted by Crippen LogP contribution is -2.41. The molecule has 8 rings (SSSR count). The molecule has 0 N–H and O–H groups in total. The lowest BCUT2D eigenvalue weighted by atomic mass is 9.78. The molecule has 2 saturated heterocycles. The molecule has 2 aliphatic rings. The molecular weight excluding hydrogens is 566 g/mol. The highest BCUT2D eigenvalue weighted by Gasteiger charge is 2.52. The summed E-state index contributed by atoms with van der Waals surface area (Å²) in [7, 11) is -0.741. The summed E-state index contributed by atoms with van der Waals surface area (Å²) >= 11 is 0. The molecule has 0 aliphatic carbocycles. The molecule has 46 heavy (non-hydrogen) atoms. The van der Waals surface area contributed by atoms with Crippen molar-refractivity contribution < 1.29 is 18.6 Å². The minimum atomic E-state index is -0.371. The van der Waals surface area contributed by atoms with E-state index in [1.807, 2.05) is 0 Å². The Kier molecular flexibility index (Phi) is 6.41. The molecule has 0 atom stereocenters. The molecule has 230 valence electrons. The Morgan fingerprint density at radius 1 is 0.370 bits per heavy atom. The summed E-state index contributed by atoms with van der Waals surface area (Å²) in [4.78, 5) is 0. The van der Waals surface area contributed by atoms with Gasteiger partial charge in [-0.1, -0.05) is 97.1 Å². The first kappa shape index (κ1) is 29.7. The normalized spacial score (nSPS) is 20.0. The molecule has 2 heterocycles. The van der Waals surface area contributed by atoms with Gasteiger partial charge in [0, 0.05) is 0 Å². The van der Waals surface area contributed by atoms with E-state index in [4.69, 9.17) is 18.6 Å². The van der Waals surface area contributed by atoms with Gasteiger partial charge in [0.25, 0.3) is 0 Å². The summed E-state index contributed by atoms with van der Waals surface area (Å²) in [5.41, 5.74) is 5.41. The average Bonchev–Trinajstić information content (AvgIpc) is 3.39. The molecule has 2 aliphatic heterocycles. The second-order valence-electron chi connectivity index (χ2n) is 15.1. The van der Waals surface area contributed by atoms with Crippen molar-refractivity contribution in [3.05, 3.63) is 97.1 Å². The highest BCUT2D eigenvalue weighted by Crippen LogP contribution is 2.43. The van der Waals surface area contributed by atoms with E-state index in [0.717, 1.165) is 10.9 Å².